The summed E-state index contributed by atoms with van der Waals surface area (Å²) in [5.41, 5.74) is 1.00. The summed E-state index contributed by atoms with van der Waals surface area (Å²) in [6.07, 6.45) is -3.72. The van der Waals surface area contributed by atoms with Crippen molar-refractivity contribution in [3.05, 3.63) is 75.3 Å². The molecule has 208 valence electrons. The van der Waals surface area contributed by atoms with Crippen molar-refractivity contribution in [3.63, 3.8) is 0 Å². The van der Waals surface area contributed by atoms with Gasteiger partial charge in [0.05, 0.1) is 18.1 Å². The van der Waals surface area contributed by atoms with Gasteiger partial charge in [-0.15, -0.1) is 0 Å². The average molecular weight is 552 g/mol. The van der Waals surface area contributed by atoms with E-state index < -0.39 is 53.9 Å². The molecule has 12 heteroatoms. The summed E-state index contributed by atoms with van der Waals surface area (Å²) in [5, 5.41) is 0. The van der Waals surface area contributed by atoms with E-state index in [4.69, 9.17) is 9.15 Å². The normalized spacial score (nSPS) is 22.3. The second kappa shape index (κ2) is 10.2. The van der Waals surface area contributed by atoms with Crippen LogP contribution in [0.15, 0.2) is 45.6 Å². The molecule has 1 fully saturated rings. The van der Waals surface area contributed by atoms with E-state index in [1.54, 1.807) is 0 Å². The summed E-state index contributed by atoms with van der Waals surface area (Å²) >= 11 is 0. The molecule has 1 N–H and O–H groups in total. The summed E-state index contributed by atoms with van der Waals surface area (Å²) in [4.78, 5) is 28.1. The predicted octanol–water partition coefficient (Wildman–Crippen LogP) is 4.51. The van der Waals surface area contributed by atoms with Crippen LogP contribution in [0.4, 0.5) is 22.0 Å². The van der Waals surface area contributed by atoms with Crippen molar-refractivity contribution in [1.82, 2.24) is 14.8 Å². The van der Waals surface area contributed by atoms with Gasteiger partial charge in [0.2, 0.25) is 0 Å². The summed E-state index contributed by atoms with van der Waals surface area (Å²) in [6.45, 7) is 5.16. The summed E-state index contributed by atoms with van der Waals surface area (Å²) in [7, 11) is 0. The molecule has 3 heterocycles. The van der Waals surface area contributed by atoms with E-state index in [9.17, 15) is 22.8 Å². The number of halogens is 5. The predicted molar refractivity (Wildman–Crippen MR) is 132 cm³/mol. The summed E-state index contributed by atoms with van der Waals surface area (Å²) in [5.74, 6) is -2.93. The van der Waals surface area contributed by atoms with Gasteiger partial charge in [0, 0.05) is 48.9 Å². The second-order valence-corrected chi connectivity index (χ2v) is 10.1. The van der Waals surface area contributed by atoms with Crippen molar-refractivity contribution in [2.24, 2.45) is 0 Å². The van der Waals surface area contributed by atoms with E-state index in [2.05, 4.69) is 11.6 Å². The molecule has 3 aromatic rings. The van der Waals surface area contributed by atoms with Crippen LogP contribution in [0.5, 0.6) is 5.75 Å². The highest BCUT2D eigenvalue weighted by Crippen LogP contribution is 2.44. The number of aromatic amines is 1. The van der Waals surface area contributed by atoms with Crippen LogP contribution in [0.25, 0.3) is 11.1 Å². The Balaban J connectivity index is 1.51. The third-order valence-corrected chi connectivity index (χ3v) is 7.23. The largest absolute Gasteiger partial charge is 0.489 e. The molecule has 0 unspecified atom stereocenters. The summed E-state index contributed by atoms with van der Waals surface area (Å²) in [6, 6.07) is 2.66. The van der Waals surface area contributed by atoms with Crippen LogP contribution in [0.1, 0.15) is 36.1 Å². The topological polar surface area (TPSA) is 78.8 Å². The Morgan fingerprint density at radius 2 is 1.97 bits per heavy atom. The number of oxazole rings is 1. The molecule has 0 radical (unpaired) electrons. The Morgan fingerprint density at radius 3 is 2.64 bits per heavy atom. The Hall–Kier alpha value is -3.51. The molecule has 0 saturated carbocycles. The number of aromatic nitrogens is 1. The number of H-pyrrole nitrogens is 1. The monoisotopic (exact) mass is 551 g/mol. The maximum absolute atomic E-state index is 15.6. The fourth-order valence-corrected chi connectivity index (χ4v) is 5.62. The maximum Gasteiger partial charge on any atom is 0.417 e. The van der Waals surface area contributed by atoms with Crippen molar-refractivity contribution >= 4 is 17.4 Å². The highest BCUT2D eigenvalue weighted by molar-refractivity contribution is 5.78. The van der Waals surface area contributed by atoms with Crippen LogP contribution in [-0.4, -0.2) is 65.6 Å². The number of rotatable bonds is 7. The number of benzene rings is 2. The van der Waals surface area contributed by atoms with Gasteiger partial charge in [0.1, 0.15) is 29.8 Å². The number of likely N-dealkylation sites (tertiary alicyclic amines) is 1. The minimum atomic E-state index is -4.63. The zero-order chi connectivity index (χ0) is 28.1. The van der Waals surface area contributed by atoms with Crippen LogP contribution < -0.4 is 10.5 Å². The van der Waals surface area contributed by atoms with Crippen LogP contribution >= 0.6 is 0 Å². The van der Waals surface area contributed by atoms with Crippen LogP contribution in [0.3, 0.4) is 0 Å². The molecule has 2 aliphatic heterocycles. The quantitative estimate of drug-likeness (QED) is 0.265. The van der Waals surface area contributed by atoms with Crippen molar-refractivity contribution in [2.75, 3.05) is 26.2 Å². The van der Waals surface area contributed by atoms with Crippen LogP contribution in [0.2, 0.25) is 0 Å². The van der Waals surface area contributed by atoms with Gasteiger partial charge in [-0.1, -0.05) is 12.6 Å². The smallest absolute Gasteiger partial charge is 0.417 e. The highest BCUT2D eigenvalue weighted by Gasteiger charge is 2.43. The Bertz CT molecular complexity index is 1460. The van der Waals surface area contributed by atoms with Gasteiger partial charge in [-0.25, -0.2) is 13.6 Å². The number of fused-ring (bicyclic) bond motifs is 3. The molecule has 1 aromatic heterocycles. The van der Waals surface area contributed by atoms with Crippen LogP contribution in [-0.2, 0) is 11.2 Å². The minimum absolute atomic E-state index is 0.0825. The molecule has 39 heavy (non-hydrogen) atoms. The molecule has 1 saturated heterocycles. The molecule has 7 nitrogen and oxygen atoms in total. The number of hydrogen-bond donors (Lipinski definition) is 1. The number of hydrogen-bond acceptors (Lipinski definition) is 6. The third-order valence-electron chi connectivity index (χ3n) is 7.23. The van der Waals surface area contributed by atoms with Crippen molar-refractivity contribution in [2.45, 2.75) is 44.1 Å². The van der Waals surface area contributed by atoms with Gasteiger partial charge in [-0.3, -0.25) is 19.6 Å². The van der Waals surface area contributed by atoms with E-state index in [1.807, 2.05) is 4.90 Å². The number of nitrogens with one attached hydrogen (secondary N) is 1. The molecule has 0 amide bonds. The zero-order valence-electron chi connectivity index (χ0n) is 21.0. The Kier molecular flexibility index (Phi) is 7.10. The lowest BCUT2D eigenvalue weighted by Crippen LogP contribution is -2.47. The molecule has 0 spiro atoms. The molecule has 3 atom stereocenters. The number of ether oxygens (including phenoxy) is 1. The molecule has 2 aromatic carbocycles. The third kappa shape index (κ3) is 5.48. The lowest BCUT2D eigenvalue weighted by molar-refractivity contribution is -0.155. The fourth-order valence-electron chi connectivity index (χ4n) is 5.62. The first-order chi connectivity index (χ1) is 18.4. The lowest BCUT2D eigenvalue weighted by atomic mass is 9.84. The van der Waals surface area contributed by atoms with Gasteiger partial charge in [-0.2, -0.15) is 13.2 Å². The van der Waals surface area contributed by atoms with Crippen LogP contribution in [0, 0.1) is 11.6 Å². The molecule has 5 rings (SSSR count). The first-order valence-corrected chi connectivity index (χ1v) is 12.4. The standard InChI is InChI=1S/C27H26F5N3O4/c1-14(12-36)10-34-6-5-16(11-34)38-17-8-20(28)23(21(29)9-17)24-18-3-4-22-25(39-26(37)33-22)19(18)7-15(2)35(24)13-27(30,31)32/h3-4,8-9,12,15-16,24H,1,5-7,10-11,13H2,2H3,(H,33,37)/t15-,16+,24+/m1/s1. The van der Waals surface area contributed by atoms with E-state index in [1.165, 1.54) is 19.1 Å². The first-order valence-electron chi connectivity index (χ1n) is 12.4. The van der Waals surface area contributed by atoms with E-state index in [0.717, 1.165) is 17.0 Å². The first kappa shape index (κ1) is 27.1. The fraction of sp³-hybridized carbons (Fsp3) is 0.407. The Morgan fingerprint density at radius 1 is 1.26 bits per heavy atom. The van der Waals surface area contributed by atoms with E-state index in [0.29, 0.717) is 49.0 Å². The Labute approximate surface area is 219 Å². The van der Waals surface area contributed by atoms with Gasteiger partial charge < -0.3 is 9.15 Å². The van der Waals surface area contributed by atoms with Crippen molar-refractivity contribution in [1.29, 1.82) is 0 Å². The van der Waals surface area contributed by atoms with Gasteiger partial charge >= 0.3 is 11.9 Å². The highest BCUT2D eigenvalue weighted by atomic mass is 19.4. The number of aldehydes is 1. The van der Waals surface area contributed by atoms with Gasteiger partial charge in [0.25, 0.3) is 0 Å². The number of nitrogens with zero attached hydrogens (tertiary/aromatic N) is 2. The van der Waals surface area contributed by atoms with E-state index in [-0.39, 0.29) is 23.3 Å². The number of alkyl halides is 3. The summed E-state index contributed by atoms with van der Waals surface area (Å²) < 4.78 is 83.2. The van der Waals surface area contributed by atoms with E-state index >= 15 is 8.78 Å². The van der Waals surface area contributed by atoms with Crippen molar-refractivity contribution < 1.29 is 35.9 Å². The number of carbonyl (C=O) groups is 1. The second-order valence-electron chi connectivity index (χ2n) is 10.1. The average Bonchev–Trinajstić information content (AvgIpc) is 3.44. The molecule has 2 aliphatic rings. The van der Waals surface area contributed by atoms with Gasteiger partial charge in [0.15, 0.2) is 5.58 Å². The molecular weight excluding hydrogens is 525 g/mol. The molecule has 0 aliphatic carbocycles. The van der Waals surface area contributed by atoms with Gasteiger partial charge in [-0.05, 0) is 37.0 Å². The minimum Gasteiger partial charge on any atom is -0.489 e. The molecular formula is C27H26F5N3O4. The molecule has 0 bridgehead atoms. The lowest BCUT2D eigenvalue weighted by Gasteiger charge is -2.42. The van der Waals surface area contributed by atoms with Crippen molar-refractivity contribution in [3.8, 4) is 5.75 Å². The zero-order valence-corrected chi connectivity index (χ0v) is 21.0. The SMILES string of the molecule is C=C(C=O)CN1CC[C@H](Oc2cc(F)c([C@@H]3c4ccc5[nH]c(=O)oc5c4C[C@@H](C)N3CC(F)(F)F)c(F)c2)C1. The number of carbonyl (C=O) groups excluding carboxylic acids is 1. The maximum atomic E-state index is 15.6.